The van der Waals surface area contributed by atoms with Crippen LogP contribution in [0.5, 0.6) is 0 Å². The van der Waals surface area contributed by atoms with Gasteiger partial charge in [-0.05, 0) is 40.4 Å². The second-order valence-electron chi connectivity index (χ2n) is 3.76. The van der Waals surface area contributed by atoms with Crippen molar-refractivity contribution in [2.75, 3.05) is 0 Å². The second kappa shape index (κ2) is 5.47. The first kappa shape index (κ1) is 11.7. The summed E-state index contributed by atoms with van der Waals surface area (Å²) in [4.78, 5) is 4.29. The van der Waals surface area contributed by atoms with Gasteiger partial charge in [0.25, 0.3) is 0 Å². The standard InChI is InChI=1S/C11H17BrN2/c1-3-8(2)6-10(13)11-5-4-9(12)7-14-11/h4-5,7-8,10H,3,6,13H2,1-2H3. The third-order valence-electron chi connectivity index (χ3n) is 2.48. The lowest BCUT2D eigenvalue weighted by Crippen LogP contribution is -2.15. The summed E-state index contributed by atoms with van der Waals surface area (Å²) < 4.78 is 0.997. The summed E-state index contributed by atoms with van der Waals surface area (Å²) in [5, 5.41) is 0. The van der Waals surface area contributed by atoms with E-state index < -0.39 is 0 Å². The van der Waals surface area contributed by atoms with E-state index in [0.717, 1.165) is 16.6 Å². The molecule has 0 aromatic carbocycles. The van der Waals surface area contributed by atoms with Gasteiger partial charge in [-0.3, -0.25) is 4.98 Å². The lowest BCUT2D eigenvalue weighted by Gasteiger charge is -2.15. The highest BCUT2D eigenvalue weighted by molar-refractivity contribution is 9.10. The minimum Gasteiger partial charge on any atom is -0.323 e. The van der Waals surface area contributed by atoms with Crippen LogP contribution in [0.25, 0.3) is 0 Å². The summed E-state index contributed by atoms with van der Waals surface area (Å²) >= 11 is 3.36. The molecule has 0 aliphatic rings. The van der Waals surface area contributed by atoms with Gasteiger partial charge in [-0.1, -0.05) is 20.3 Å². The lowest BCUT2D eigenvalue weighted by molar-refractivity contribution is 0.456. The quantitative estimate of drug-likeness (QED) is 0.898. The Morgan fingerprint density at radius 3 is 2.71 bits per heavy atom. The number of rotatable bonds is 4. The van der Waals surface area contributed by atoms with Crippen molar-refractivity contribution in [1.29, 1.82) is 0 Å². The molecule has 14 heavy (non-hydrogen) atoms. The number of aromatic nitrogens is 1. The Balaban J connectivity index is 2.60. The molecule has 0 aliphatic heterocycles. The number of hydrogen-bond donors (Lipinski definition) is 1. The van der Waals surface area contributed by atoms with E-state index >= 15 is 0 Å². The molecule has 1 aromatic heterocycles. The number of halogens is 1. The van der Waals surface area contributed by atoms with Crippen molar-refractivity contribution < 1.29 is 0 Å². The SMILES string of the molecule is CCC(C)CC(N)c1ccc(Br)cn1. The molecule has 0 amide bonds. The van der Waals surface area contributed by atoms with Crippen LogP contribution in [0.3, 0.4) is 0 Å². The molecule has 78 valence electrons. The number of nitrogens with two attached hydrogens (primary N) is 1. The van der Waals surface area contributed by atoms with Crippen molar-refractivity contribution in [1.82, 2.24) is 4.98 Å². The molecule has 1 heterocycles. The van der Waals surface area contributed by atoms with Crippen LogP contribution < -0.4 is 5.73 Å². The van der Waals surface area contributed by atoms with Crippen LogP contribution in [0.2, 0.25) is 0 Å². The maximum absolute atomic E-state index is 6.04. The summed E-state index contributed by atoms with van der Waals surface area (Å²) in [5.41, 5.74) is 7.02. The summed E-state index contributed by atoms with van der Waals surface area (Å²) in [6.07, 6.45) is 3.97. The van der Waals surface area contributed by atoms with E-state index in [0.29, 0.717) is 5.92 Å². The van der Waals surface area contributed by atoms with Gasteiger partial charge in [0.05, 0.1) is 5.69 Å². The maximum Gasteiger partial charge on any atom is 0.0571 e. The zero-order valence-electron chi connectivity index (χ0n) is 8.70. The summed E-state index contributed by atoms with van der Waals surface area (Å²) in [7, 11) is 0. The van der Waals surface area contributed by atoms with Crippen molar-refractivity contribution in [2.45, 2.75) is 32.7 Å². The molecule has 2 N–H and O–H groups in total. The summed E-state index contributed by atoms with van der Waals surface area (Å²) in [5.74, 6) is 0.662. The van der Waals surface area contributed by atoms with Gasteiger partial charge in [-0.2, -0.15) is 0 Å². The highest BCUT2D eigenvalue weighted by atomic mass is 79.9. The van der Waals surface area contributed by atoms with E-state index in [-0.39, 0.29) is 6.04 Å². The van der Waals surface area contributed by atoms with Gasteiger partial charge >= 0.3 is 0 Å². The molecule has 0 saturated heterocycles. The normalized spacial score (nSPS) is 15.1. The average molecular weight is 257 g/mol. The van der Waals surface area contributed by atoms with Gasteiger partial charge in [0.1, 0.15) is 0 Å². The van der Waals surface area contributed by atoms with Crippen LogP contribution in [0.15, 0.2) is 22.8 Å². The minimum atomic E-state index is 0.0676. The minimum absolute atomic E-state index is 0.0676. The van der Waals surface area contributed by atoms with Gasteiger partial charge in [-0.25, -0.2) is 0 Å². The molecule has 0 aliphatic carbocycles. The van der Waals surface area contributed by atoms with Crippen LogP contribution in [0.4, 0.5) is 0 Å². The Bertz CT molecular complexity index is 271. The molecule has 0 radical (unpaired) electrons. The zero-order valence-corrected chi connectivity index (χ0v) is 10.3. The van der Waals surface area contributed by atoms with Crippen molar-refractivity contribution in [3.05, 3.63) is 28.5 Å². The van der Waals surface area contributed by atoms with Crippen LogP contribution >= 0.6 is 15.9 Å². The van der Waals surface area contributed by atoms with Crippen molar-refractivity contribution in [3.8, 4) is 0 Å². The van der Waals surface area contributed by atoms with Gasteiger partial charge in [0.2, 0.25) is 0 Å². The smallest absolute Gasteiger partial charge is 0.0571 e. The first-order chi connectivity index (χ1) is 6.63. The van der Waals surface area contributed by atoms with Crippen LogP contribution in [0.1, 0.15) is 38.4 Å². The second-order valence-corrected chi connectivity index (χ2v) is 4.67. The molecule has 2 atom stereocenters. The largest absolute Gasteiger partial charge is 0.323 e. The van der Waals surface area contributed by atoms with E-state index in [9.17, 15) is 0 Å². The fraction of sp³-hybridized carbons (Fsp3) is 0.545. The van der Waals surface area contributed by atoms with Gasteiger partial charge in [0.15, 0.2) is 0 Å². The predicted octanol–water partition coefficient (Wildman–Crippen LogP) is 3.28. The predicted molar refractivity (Wildman–Crippen MR) is 62.9 cm³/mol. The average Bonchev–Trinajstić information content (AvgIpc) is 2.18. The molecule has 1 aromatic rings. The third kappa shape index (κ3) is 3.39. The zero-order chi connectivity index (χ0) is 10.6. The fourth-order valence-corrected chi connectivity index (χ4v) is 1.56. The molecule has 2 nitrogen and oxygen atoms in total. The Kier molecular flexibility index (Phi) is 4.55. The Morgan fingerprint density at radius 1 is 1.50 bits per heavy atom. The maximum atomic E-state index is 6.04. The highest BCUT2D eigenvalue weighted by Crippen LogP contribution is 2.20. The monoisotopic (exact) mass is 256 g/mol. The first-order valence-electron chi connectivity index (χ1n) is 5.00. The molecule has 0 bridgehead atoms. The third-order valence-corrected chi connectivity index (χ3v) is 2.95. The first-order valence-corrected chi connectivity index (χ1v) is 5.79. The number of hydrogen-bond acceptors (Lipinski definition) is 2. The van der Waals surface area contributed by atoms with Crippen molar-refractivity contribution in [2.24, 2.45) is 11.7 Å². The summed E-state index contributed by atoms with van der Waals surface area (Å²) in [6.45, 7) is 4.41. The molecule has 3 heteroatoms. The van der Waals surface area contributed by atoms with Gasteiger partial charge in [-0.15, -0.1) is 0 Å². The number of nitrogens with zero attached hydrogens (tertiary/aromatic N) is 1. The summed E-state index contributed by atoms with van der Waals surface area (Å²) in [6, 6.07) is 4.04. The van der Waals surface area contributed by atoms with Crippen LogP contribution in [-0.2, 0) is 0 Å². The fourth-order valence-electron chi connectivity index (χ4n) is 1.33. The van der Waals surface area contributed by atoms with E-state index in [2.05, 4.69) is 34.8 Å². The van der Waals surface area contributed by atoms with Crippen LogP contribution in [0, 0.1) is 5.92 Å². The molecule has 0 fully saturated rings. The molecular formula is C11H17BrN2. The molecule has 1 rings (SSSR count). The van der Waals surface area contributed by atoms with E-state index in [1.165, 1.54) is 6.42 Å². The molecule has 0 saturated carbocycles. The Hall–Kier alpha value is -0.410. The molecule has 2 unspecified atom stereocenters. The molecule has 0 spiro atoms. The Morgan fingerprint density at radius 2 is 2.21 bits per heavy atom. The van der Waals surface area contributed by atoms with Crippen molar-refractivity contribution >= 4 is 15.9 Å². The highest BCUT2D eigenvalue weighted by Gasteiger charge is 2.10. The van der Waals surface area contributed by atoms with E-state index in [4.69, 9.17) is 5.73 Å². The number of pyridine rings is 1. The Labute approximate surface area is 94.0 Å². The van der Waals surface area contributed by atoms with Gasteiger partial charge < -0.3 is 5.73 Å². The van der Waals surface area contributed by atoms with E-state index in [1.807, 2.05) is 12.1 Å². The lowest BCUT2D eigenvalue weighted by atomic mass is 9.98. The topological polar surface area (TPSA) is 38.9 Å². The van der Waals surface area contributed by atoms with Crippen LogP contribution in [-0.4, -0.2) is 4.98 Å². The van der Waals surface area contributed by atoms with Crippen molar-refractivity contribution in [3.63, 3.8) is 0 Å². The van der Waals surface area contributed by atoms with Gasteiger partial charge in [0, 0.05) is 16.7 Å². The van der Waals surface area contributed by atoms with E-state index in [1.54, 1.807) is 6.20 Å². The molecular weight excluding hydrogens is 240 g/mol.